The average Bonchev–Trinajstić information content (AvgIpc) is 2.65. The van der Waals surface area contributed by atoms with Gasteiger partial charge in [-0.05, 0) is 59.6 Å². The summed E-state index contributed by atoms with van der Waals surface area (Å²) in [6, 6.07) is 7.26. The predicted octanol–water partition coefficient (Wildman–Crippen LogP) is 4.60. The van der Waals surface area contributed by atoms with E-state index in [0.717, 1.165) is 6.07 Å². The zero-order valence-corrected chi connectivity index (χ0v) is 19.0. The second-order valence-electron chi connectivity index (χ2n) is 6.79. The summed E-state index contributed by atoms with van der Waals surface area (Å²) in [5.74, 6) is -1.92. The molecule has 1 atom stereocenters. The molecule has 162 valence electrons. The van der Waals surface area contributed by atoms with Crippen molar-refractivity contribution in [3.8, 4) is 5.75 Å². The van der Waals surface area contributed by atoms with E-state index in [0.29, 0.717) is 21.3 Å². The third kappa shape index (κ3) is 6.42. The third-order valence-electron chi connectivity index (χ3n) is 4.13. The normalized spacial score (nSPS) is 12.0. The fraction of sp³-hybridized carbons (Fsp3) is 0.333. The molecule has 9 heteroatoms. The van der Waals surface area contributed by atoms with Crippen molar-refractivity contribution in [2.45, 2.75) is 39.0 Å². The van der Waals surface area contributed by atoms with Gasteiger partial charge in [0.1, 0.15) is 11.6 Å². The number of carbonyl (C=O) groups excluding carboxylic acids is 1. The van der Waals surface area contributed by atoms with Crippen molar-refractivity contribution >= 4 is 39.4 Å². The molecule has 0 heterocycles. The molecular formula is C21H22BrClFNO5. The van der Waals surface area contributed by atoms with Crippen LogP contribution in [-0.2, 0) is 22.5 Å². The van der Waals surface area contributed by atoms with Gasteiger partial charge in [-0.1, -0.05) is 17.7 Å². The lowest BCUT2D eigenvalue weighted by molar-refractivity contribution is -0.153. The van der Waals surface area contributed by atoms with Gasteiger partial charge in [-0.3, -0.25) is 4.79 Å². The molecule has 0 bridgehead atoms. The van der Waals surface area contributed by atoms with Crippen LogP contribution in [0.4, 0.5) is 4.39 Å². The predicted molar refractivity (Wildman–Crippen MR) is 115 cm³/mol. The molecule has 0 saturated carbocycles. The van der Waals surface area contributed by atoms with Crippen molar-refractivity contribution in [2.24, 2.45) is 0 Å². The molecule has 1 unspecified atom stereocenters. The molecule has 0 aliphatic heterocycles. The summed E-state index contributed by atoms with van der Waals surface area (Å²) in [6.07, 6.45) is -1.14. The van der Waals surface area contributed by atoms with Crippen LogP contribution in [0.15, 0.2) is 34.8 Å². The van der Waals surface area contributed by atoms with Crippen LogP contribution in [0.1, 0.15) is 35.3 Å². The van der Waals surface area contributed by atoms with Gasteiger partial charge in [0.25, 0.3) is 5.91 Å². The Hall–Kier alpha value is -2.16. The van der Waals surface area contributed by atoms with Crippen molar-refractivity contribution in [1.29, 1.82) is 0 Å². The first-order valence-corrected chi connectivity index (χ1v) is 10.3. The minimum absolute atomic E-state index is 0.0410. The summed E-state index contributed by atoms with van der Waals surface area (Å²) in [4.78, 5) is 23.9. The van der Waals surface area contributed by atoms with Crippen LogP contribution in [0, 0.1) is 5.82 Å². The molecule has 0 saturated heterocycles. The molecule has 6 nitrogen and oxygen atoms in total. The Bertz CT molecular complexity index is 938. The minimum atomic E-state index is -1.07. The number of amides is 1. The molecule has 2 rings (SSSR count). The number of hydrogen-bond donors (Lipinski definition) is 2. The SMILES string of the molecule is COc1c(Br)cc(CC(OC(C)C)C(=O)O)cc1CNC(=O)c1ccc(Cl)cc1F. The smallest absolute Gasteiger partial charge is 0.333 e. The maximum Gasteiger partial charge on any atom is 0.333 e. The zero-order chi connectivity index (χ0) is 22.4. The third-order valence-corrected chi connectivity index (χ3v) is 4.96. The number of carboxylic acids is 1. The molecule has 30 heavy (non-hydrogen) atoms. The number of carbonyl (C=O) groups is 2. The molecular weight excluding hydrogens is 481 g/mol. The van der Waals surface area contributed by atoms with Crippen LogP contribution in [0.3, 0.4) is 0 Å². The van der Waals surface area contributed by atoms with Crippen LogP contribution in [0.2, 0.25) is 5.02 Å². The molecule has 2 aromatic carbocycles. The molecule has 2 aromatic rings. The maximum absolute atomic E-state index is 14.0. The van der Waals surface area contributed by atoms with Gasteiger partial charge in [-0.25, -0.2) is 9.18 Å². The minimum Gasteiger partial charge on any atom is -0.495 e. The number of rotatable bonds is 9. The number of hydrogen-bond acceptors (Lipinski definition) is 4. The monoisotopic (exact) mass is 501 g/mol. The maximum atomic E-state index is 14.0. The lowest BCUT2D eigenvalue weighted by Gasteiger charge is -2.18. The van der Waals surface area contributed by atoms with Crippen LogP contribution in [-0.4, -0.2) is 36.3 Å². The largest absolute Gasteiger partial charge is 0.495 e. The van der Waals surface area contributed by atoms with Gasteiger partial charge in [0.15, 0.2) is 6.10 Å². The number of carboxylic acid groups (broad SMARTS) is 1. The highest BCUT2D eigenvalue weighted by Gasteiger charge is 2.22. The molecule has 0 fully saturated rings. The zero-order valence-electron chi connectivity index (χ0n) is 16.7. The number of nitrogens with one attached hydrogen (secondary N) is 1. The highest BCUT2D eigenvalue weighted by molar-refractivity contribution is 9.10. The molecule has 0 aliphatic carbocycles. The van der Waals surface area contributed by atoms with Gasteiger partial charge in [0.2, 0.25) is 0 Å². The van der Waals surface area contributed by atoms with Gasteiger partial charge >= 0.3 is 5.97 Å². The Morgan fingerprint density at radius 1 is 1.27 bits per heavy atom. The number of benzene rings is 2. The van der Waals surface area contributed by atoms with E-state index in [-0.39, 0.29) is 29.7 Å². The van der Waals surface area contributed by atoms with E-state index in [2.05, 4.69) is 21.2 Å². The number of aliphatic carboxylic acids is 1. The van der Waals surface area contributed by atoms with E-state index >= 15 is 0 Å². The Balaban J connectivity index is 2.23. The van der Waals surface area contributed by atoms with Gasteiger partial charge < -0.3 is 19.9 Å². The Morgan fingerprint density at radius 2 is 1.97 bits per heavy atom. The molecule has 0 spiro atoms. The van der Waals surface area contributed by atoms with Crippen LogP contribution in [0.25, 0.3) is 0 Å². The topological polar surface area (TPSA) is 84.9 Å². The van der Waals surface area contributed by atoms with Crippen molar-refractivity contribution in [3.63, 3.8) is 0 Å². The van der Waals surface area contributed by atoms with E-state index in [1.165, 1.54) is 19.2 Å². The standard InChI is InChI=1S/C21H22BrClFNO5/c1-11(2)30-18(21(27)28)8-12-6-13(19(29-3)16(22)7-12)10-25-20(26)15-5-4-14(23)9-17(15)24/h4-7,9,11,18H,8,10H2,1-3H3,(H,25,26)(H,27,28). The van der Waals surface area contributed by atoms with E-state index < -0.39 is 23.8 Å². The molecule has 0 aliphatic rings. The Kier molecular flexibility index (Phi) is 8.64. The fourth-order valence-corrected chi connectivity index (χ4v) is 3.74. The van der Waals surface area contributed by atoms with Gasteiger partial charge in [-0.15, -0.1) is 0 Å². The summed E-state index contributed by atoms with van der Waals surface area (Å²) in [7, 11) is 1.48. The quantitative estimate of drug-likeness (QED) is 0.523. The number of methoxy groups -OCH3 is 1. The first kappa shape index (κ1) is 24.1. The van der Waals surface area contributed by atoms with E-state index in [1.807, 2.05) is 0 Å². The fourth-order valence-electron chi connectivity index (χ4n) is 2.87. The highest BCUT2D eigenvalue weighted by Crippen LogP contribution is 2.31. The second-order valence-corrected chi connectivity index (χ2v) is 8.08. The summed E-state index contributed by atoms with van der Waals surface area (Å²) >= 11 is 9.13. The highest BCUT2D eigenvalue weighted by atomic mass is 79.9. The van der Waals surface area contributed by atoms with Crippen LogP contribution < -0.4 is 10.1 Å². The lowest BCUT2D eigenvalue weighted by Crippen LogP contribution is -2.29. The number of halogens is 3. The van der Waals surface area contributed by atoms with Crippen molar-refractivity contribution in [2.75, 3.05) is 7.11 Å². The summed E-state index contributed by atoms with van der Waals surface area (Å²) in [5.41, 5.74) is 1.14. The van der Waals surface area contributed by atoms with Crippen molar-refractivity contribution in [1.82, 2.24) is 5.32 Å². The summed E-state index contributed by atoms with van der Waals surface area (Å²) in [5, 5.41) is 12.2. The number of ether oxygens (including phenoxy) is 2. The van der Waals surface area contributed by atoms with E-state index in [9.17, 15) is 19.1 Å². The van der Waals surface area contributed by atoms with Gasteiger partial charge in [0, 0.05) is 23.6 Å². The first-order chi connectivity index (χ1) is 14.1. The lowest BCUT2D eigenvalue weighted by atomic mass is 10.0. The van der Waals surface area contributed by atoms with Crippen LogP contribution in [0.5, 0.6) is 5.75 Å². The van der Waals surface area contributed by atoms with E-state index in [1.54, 1.807) is 26.0 Å². The Labute approximate surface area is 187 Å². The first-order valence-electron chi connectivity index (χ1n) is 9.09. The van der Waals surface area contributed by atoms with Gasteiger partial charge in [-0.2, -0.15) is 0 Å². The Morgan fingerprint density at radius 3 is 2.53 bits per heavy atom. The molecule has 0 radical (unpaired) electrons. The van der Waals surface area contributed by atoms with E-state index in [4.69, 9.17) is 21.1 Å². The van der Waals surface area contributed by atoms with Crippen molar-refractivity contribution in [3.05, 3.63) is 62.3 Å². The summed E-state index contributed by atoms with van der Waals surface area (Å²) in [6.45, 7) is 3.56. The van der Waals surface area contributed by atoms with Crippen LogP contribution >= 0.6 is 27.5 Å². The molecule has 0 aromatic heterocycles. The molecule has 1 amide bonds. The second kappa shape index (κ2) is 10.7. The summed E-state index contributed by atoms with van der Waals surface area (Å²) < 4.78 is 25.4. The average molecular weight is 503 g/mol. The van der Waals surface area contributed by atoms with Gasteiger partial charge in [0.05, 0.1) is 23.2 Å². The molecule has 2 N–H and O–H groups in total. The van der Waals surface area contributed by atoms with Crippen molar-refractivity contribution < 1.29 is 28.6 Å².